The normalized spacial score (nSPS) is 9.54. The fourth-order valence-electron chi connectivity index (χ4n) is 1.00. The van der Waals surface area contributed by atoms with Gasteiger partial charge >= 0.3 is 0 Å². The van der Waals surface area contributed by atoms with Gasteiger partial charge < -0.3 is 0 Å². The number of aryl methyl sites for hydroxylation is 2. The Kier molecular flexibility index (Phi) is 3.21. The summed E-state index contributed by atoms with van der Waals surface area (Å²) >= 11 is 0. The van der Waals surface area contributed by atoms with Crippen molar-refractivity contribution in [3.05, 3.63) is 28.2 Å². The van der Waals surface area contributed by atoms with Crippen molar-refractivity contribution in [2.24, 2.45) is 0 Å². The predicted octanol–water partition coefficient (Wildman–Crippen LogP) is 0.855. The van der Waals surface area contributed by atoms with E-state index in [0.29, 0.717) is 19.4 Å². The van der Waals surface area contributed by atoms with E-state index in [1.54, 1.807) is 12.3 Å². The molecule has 0 saturated heterocycles. The smallest absolute Gasteiger partial charge is 0.266 e. The van der Waals surface area contributed by atoms with Crippen molar-refractivity contribution in [3.8, 4) is 6.07 Å². The number of hydrogen-bond acceptors (Lipinski definition) is 3. The van der Waals surface area contributed by atoms with Crippen LogP contribution >= 0.6 is 0 Å². The highest BCUT2D eigenvalue weighted by Gasteiger charge is 1.96. The molecule has 0 unspecified atom stereocenters. The van der Waals surface area contributed by atoms with Crippen molar-refractivity contribution in [2.45, 2.75) is 26.3 Å². The van der Waals surface area contributed by atoms with Crippen LogP contribution in [-0.4, -0.2) is 9.78 Å². The molecule has 0 spiro atoms. The predicted molar refractivity (Wildman–Crippen MR) is 48.1 cm³/mol. The molecule has 0 aliphatic rings. The molecular formula is C9H11N3O. The minimum absolute atomic E-state index is 0.0991. The third-order valence-corrected chi connectivity index (χ3v) is 1.66. The van der Waals surface area contributed by atoms with E-state index in [1.165, 1.54) is 4.68 Å². The van der Waals surface area contributed by atoms with E-state index in [2.05, 4.69) is 5.10 Å². The zero-order chi connectivity index (χ0) is 9.68. The Balaban J connectivity index is 2.68. The van der Waals surface area contributed by atoms with E-state index in [1.807, 2.05) is 13.0 Å². The zero-order valence-electron chi connectivity index (χ0n) is 7.53. The average molecular weight is 177 g/mol. The second-order valence-electron chi connectivity index (χ2n) is 2.86. The molecule has 1 heterocycles. The topological polar surface area (TPSA) is 58.7 Å². The Hall–Kier alpha value is -1.63. The summed E-state index contributed by atoms with van der Waals surface area (Å²) in [5.41, 5.74) is 0.763. The van der Waals surface area contributed by atoms with Crippen LogP contribution in [-0.2, 0) is 6.54 Å². The second-order valence-corrected chi connectivity index (χ2v) is 2.86. The van der Waals surface area contributed by atoms with Crippen LogP contribution in [0.2, 0.25) is 0 Å². The lowest BCUT2D eigenvalue weighted by Crippen LogP contribution is -2.22. The molecule has 0 aromatic carbocycles. The lowest BCUT2D eigenvalue weighted by atomic mass is 10.3. The van der Waals surface area contributed by atoms with Gasteiger partial charge in [0.15, 0.2) is 0 Å². The maximum Gasteiger partial charge on any atom is 0.266 e. The number of hydrogen-bond donors (Lipinski definition) is 0. The standard InChI is InChI=1S/C9H11N3O/c1-8-6-9(13)12(11-7-8)5-3-2-4-10/h6-7H,2-3,5H2,1H3. The van der Waals surface area contributed by atoms with Crippen molar-refractivity contribution in [3.63, 3.8) is 0 Å². The molecule has 0 aliphatic heterocycles. The number of nitrogens with zero attached hydrogens (tertiary/aromatic N) is 3. The van der Waals surface area contributed by atoms with Crippen molar-refractivity contribution in [1.82, 2.24) is 9.78 Å². The van der Waals surface area contributed by atoms with Gasteiger partial charge in [0.25, 0.3) is 5.56 Å². The zero-order valence-corrected chi connectivity index (χ0v) is 7.53. The lowest BCUT2D eigenvalue weighted by Gasteiger charge is -2.01. The Morgan fingerprint density at radius 2 is 2.46 bits per heavy atom. The molecule has 13 heavy (non-hydrogen) atoms. The maximum absolute atomic E-state index is 11.3. The number of unbranched alkanes of at least 4 members (excludes halogenated alkanes) is 1. The molecule has 68 valence electrons. The highest BCUT2D eigenvalue weighted by Crippen LogP contribution is 1.91. The first-order chi connectivity index (χ1) is 6.24. The first-order valence-corrected chi connectivity index (χ1v) is 4.15. The van der Waals surface area contributed by atoms with Crippen molar-refractivity contribution in [1.29, 1.82) is 5.26 Å². The number of aromatic nitrogens is 2. The van der Waals surface area contributed by atoms with Gasteiger partial charge in [-0.05, 0) is 18.9 Å². The summed E-state index contributed by atoms with van der Waals surface area (Å²) in [6.07, 6.45) is 2.78. The molecule has 0 amide bonds. The van der Waals surface area contributed by atoms with E-state index in [9.17, 15) is 4.79 Å². The fraction of sp³-hybridized carbons (Fsp3) is 0.444. The van der Waals surface area contributed by atoms with Crippen LogP contribution in [0.25, 0.3) is 0 Å². The average Bonchev–Trinajstić information content (AvgIpc) is 2.09. The van der Waals surface area contributed by atoms with Gasteiger partial charge in [-0.2, -0.15) is 10.4 Å². The molecule has 0 radical (unpaired) electrons. The number of rotatable bonds is 3. The molecule has 0 fully saturated rings. The lowest BCUT2D eigenvalue weighted by molar-refractivity contribution is 0.552. The molecule has 0 aliphatic carbocycles. The molecule has 0 N–H and O–H groups in total. The van der Waals surface area contributed by atoms with Crippen molar-refractivity contribution >= 4 is 0 Å². The van der Waals surface area contributed by atoms with Crippen molar-refractivity contribution in [2.75, 3.05) is 0 Å². The molecule has 1 aromatic rings. The molecule has 1 aromatic heterocycles. The van der Waals surface area contributed by atoms with Crippen molar-refractivity contribution < 1.29 is 0 Å². The van der Waals surface area contributed by atoms with Crippen LogP contribution in [0.5, 0.6) is 0 Å². The monoisotopic (exact) mass is 177 g/mol. The third kappa shape index (κ3) is 2.71. The minimum atomic E-state index is -0.0991. The Morgan fingerprint density at radius 3 is 3.08 bits per heavy atom. The fourth-order valence-corrected chi connectivity index (χ4v) is 1.00. The number of nitriles is 1. The molecule has 0 bridgehead atoms. The van der Waals surface area contributed by atoms with Gasteiger partial charge in [-0.3, -0.25) is 4.79 Å². The molecule has 4 nitrogen and oxygen atoms in total. The second kappa shape index (κ2) is 4.41. The minimum Gasteiger partial charge on any atom is -0.268 e. The highest BCUT2D eigenvalue weighted by atomic mass is 16.1. The summed E-state index contributed by atoms with van der Waals surface area (Å²) in [5, 5.41) is 12.2. The van der Waals surface area contributed by atoms with E-state index < -0.39 is 0 Å². The van der Waals surface area contributed by atoms with Crippen LogP contribution in [0.4, 0.5) is 0 Å². The van der Waals surface area contributed by atoms with Crippen LogP contribution in [0, 0.1) is 18.3 Å². The Morgan fingerprint density at radius 1 is 1.69 bits per heavy atom. The van der Waals surface area contributed by atoms with Crippen LogP contribution in [0.1, 0.15) is 18.4 Å². The maximum atomic E-state index is 11.3. The van der Waals surface area contributed by atoms with Gasteiger partial charge in [0.1, 0.15) is 0 Å². The van der Waals surface area contributed by atoms with E-state index >= 15 is 0 Å². The molecule has 0 saturated carbocycles. The molecule has 0 atom stereocenters. The van der Waals surface area contributed by atoms with E-state index in [4.69, 9.17) is 5.26 Å². The quantitative estimate of drug-likeness (QED) is 0.643. The summed E-state index contributed by atoms with van der Waals surface area (Å²) in [6.45, 7) is 2.35. The summed E-state index contributed by atoms with van der Waals surface area (Å²) in [7, 11) is 0. The first kappa shape index (κ1) is 9.46. The van der Waals surface area contributed by atoms with E-state index in [0.717, 1.165) is 5.56 Å². The summed E-state index contributed by atoms with van der Waals surface area (Å²) in [5.74, 6) is 0. The van der Waals surface area contributed by atoms with Crippen LogP contribution in [0.3, 0.4) is 0 Å². The van der Waals surface area contributed by atoms with Gasteiger partial charge in [0, 0.05) is 19.0 Å². The van der Waals surface area contributed by atoms with Gasteiger partial charge in [-0.15, -0.1) is 0 Å². The van der Waals surface area contributed by atoms with Gasteiger partial charge in [-0.25, -0.2) is 4.68 Å². The Labute approximate surface area is 76.4 Å². The summed E-state index contributed by atoms with van der Waals surface area (Å²) < 4.78 is 1.38. The molecule has 1 rings (SSSR count). The first-order valence-electron chi connectivity index (χ1n) is 4.15. The van der Waals surface area contributed by atoms with E-state index in [-0.39, 0.29) is 5.56 Å². The summed E-state index contributed by atoms with van der Waals surface area (Å²) in [4.78, 5) is 11.3. The van der Waals surface area contributed by atoms with Gasteiger partial charge in [-0.1, -0.05) is 0 Å². The SMILES string of the molecule is Cc1cnn(CCCC#N)c(=O)c1. The molecule has 4 heteroatoms. The molecular weight excluding hydrogens is 166 g/mol. The summed E-state index contributed by atoms with van der Waals surface area (Å²) in [6, 6.07) is 3.57. The largest absolute Gasteiger partial charge is 0.268 e. The Bertz CT molecular complexity index is 375. The third-order valence-electron chi connectivity index (χ3n) is 1.66. The van der Waals surface area contributed by atoms with Gasteiger partial charge in [0.2, 0.25) is 0 Å². The highest BCUT2D eigenvalue weighted by molar-refractivity contribution is 5.02. The van der Waals surface area contributed by atoms with Crippen LogP contribution < -0.4 is 5.56 Å². The van der Waals surface area contributed by atoms with Gasteiger partial charge in [0.05, 0.1) is 12.3 Å². The van der Waals surface area contributed by atoms with Crippen LogP contribution in [0.15, 0.2) is 17.1 Å².